The quantitative estimate of drug-likeness (QED) is 0.806. The highest BCUT2D eigenvalue weighted by Gasteiger charge is 2.33. The molecule has 0 amide bonds. The fourth-order valence-corrected chi connectivity index (χ4v) is 2.21. The van der Waals surface area contributed by atoms with Crippen LogP contribution in [0.4, 0.5) is 0 Å². The van der Waals surface area contributed by atoms with Crippen LogP contribution >= 0.6 is 0 Å². The fourth-order valence-electron chi connectivity index (χ4n) is 2.21. The van der Waals surface area contributed by atoms with Gasteiger partial charge in [-0.3, -0.25) is 0 Å². The summed E-state index contributed by atoms with van der Waals surface area (Å²) in [6, 6.07) is 5.40. The van der Waals surface area contributed by atoms with Crippen molar-refractivity contribution >= 4 is 5.97 Å². The Morgan fingerprint density at radius 1 is 1.59 bits per heavy atom. The first-order chi connectivity index (χ1) is 8.13. The first-order valence-corrected chi connectivity index (χ1v) is 5.38. The second kappa shape index (κ2) is 4.73. The summed E-state index contributed by atoms with van der Waals surface area (Å²) in [6.07, 6.45) is 0.278. The molecule has 0 aliphatic heterocycles. The molecule has 0 spiro atoms. The third kappa shape index (κ3) is 2.25. The predicted octanol–water partition coefficient (Wildman–Crippen LogP) is 0.721. The van der Waals surface area contributed by atoms with Gasteiger partial charge in [-0.25, -0.2) is 4.79 Å². The molecule has 0 bridgehead atoms. The number of carboxylic acid groups (broad SMARTS) is 1. The van der Waals surface area contributed by atoms with E-state index in [1.54, 1.807) is 7.11 Å². The molecule has 1 aromatic carbocycles. The first-order valence-electron chi connectivity index (χ1n) is 5.38. The molecule has 0 heterocycles. The van der Waals surface area contributed by atoms with Crippen molar-refractivity contribution in [2.24, 2.45) is 5.73 Å². The maximum atomic E-state index is 10.5. The number of fused-ring (bicyclic) bond motifs is 1. The van der Waals surface area contributed by atoms with Crippen molar-refractivity contribution in [2.75, 3.05) is 13.7 Å². The minimum atomic E-state index is -0.992. The van der Waals surface area contributed by atoms with Crippen LogP contribution in [0.2, 0.25) is 0 Å². The van der Waals surface area contributed by atoms with Crippen LogP contribution in [0.15, 0.2) is 18.2 Å². The SMILES string of the molecule is COc1cccc2c1CC(N)C2OCC(=O)O. The van der Waals surface area contributed by atoms with Gasteiger partial charge in [-0.15, -0.1) is 0 Å². The van der Waals surface area contributed by atoms with Gasteiger partial charge in [-0.1, -0.05) is 12.1 Å². The maximum Gasteiger partial charge on any atom is 0.329 e. The Morgan fingerprint density at radius 3 is 3.00 bits per heavy atom. The third-order valence-electron chi connectivity index (χ3n) is 2.91. The molecule has 2 rings (SSSR count). The zero-order valence-corrected chi connectivity index (χ0v) is 9.55. The van der Waals surface area contributed by atoms with Crippen LogP contribution in [-0.4, -0.2) is 30.8 Å². The predicted molar refractivity (Wildman–Crippen MR) is 61.0 cm³/mol. The largest absolute Gasteiger partial charge is 0.496 e. The van der Waals surface area contributed by atoms with Crippen LogP contribution in [0.5, 0.6) is 5.75 Å². The Hall–Kier alpha value is -1.59. The number of rotatable bonds is 4. The molecular weight excluding hydrogens is 222 g/mol. The van der Waals surface area contributed by atoms with E-state index < -0.39 is 5.97 Å². The van der Waals surface area contributed by atoms with Gasteiger partial charge < -0.3 is 20.3 Å². The smallest absolute Gasteiger partial charge is 0.329 e. The molecule has 5 nitrogen and oxygen atoms in total. The molecule has 2 atom stereocenters. The van der Waals surface area contributed by atoms with Crippen molar-refractivity contribution in [1.29, 1.82) is 0 Å². The lowest BCUT2D eigenvalue weighted by molar-refractivity contribution is -0.144. The maximum absolute atomic E-state index is 10.5. The summed E-state index contributed by atoms with van der Waals surface area (Å²) in [6.45, 7) is -0.338. The lowest BCUT2D eigenvalue weighted by atomic mass is 10.1. The second-order valence-electron chi connectivity index (χ2n) is 4.02. The summed E-state index contributed by atoms with van der Waals surface area (Å²) < 4.78 is 10.6. The number of hydrogen-bond acceptors (Lipinski definition) is 4. The van der Waals surface area contributed by atoms with Gasteiger partial charge in [0.25, 0.3) is 0 Å². The van der Waals surface area contributed by atoms with E-state index in [2.05, 4.69) is 0 Å². The molecule has 0 radical (unpaired) electrons. The van der Waals surface area contributed by atoms with Gasteiger partial charge in [0.05, 0.1) is 13.2 Å². The van der Waals surface area contributed by atoms with Crippen LogP contribution in [0.3, 0.4) is 0 Å². The standard InChI is InChI=1S/C12H15NO4/c1-16-10-4-2-3-7-8(10)5-9(13)12(7)17-6-11(14)15/h2-4,9,12H,5-6,13H2,1H3,(H,14,15). The highest BCUT2D eigenvalue weighted by atomic mass is 16.5. The normalized spacial score (nSPS) is 22.2. The zero-order chi connectivity index (χ0) is 12.4. The molecule has 5 heteroatoms. The molecule has 0 saturated carbocycles. The Bertz CT molecular complexity index is 433. The summed E-state index contributed by atoms with van der Waals surface area (Å²) in [5.74, 6) is -0.215. The van der Waals surface area contributed by atoms with Crippen molar-refractivity contribution in [2.45, 2.75) is 18.6 Å². The minimum Gasteiger partial charge on any atom is -0.496 e. The molecule has 1 aliphatic rings. The lowest BCUT2D eigenvalue weighted by Gasteiger charge is -2.16. The van der Waals surface area contributed by atoms with Crippen LogP contribution in [0, 0.1) is 0 Å². The molecule has 1 aliphatic carbocycles. The average Bonchev–Trinajstić information content (AvgIpc) is 2.62. The summed E-state index contributed by atoms with van der Waals surface area (Å²) in [7, 11) is 1.60. The van der Waals surface area contributed by atoms with Crippen molar-refractivity contribution in [3.05, 3.63) is 29.3 Å². The third-order valence-corrected chi connectivity index (χ3v) is 2.91. The first kappa shape index (κ1) is 11.9. The van der Waals surface area contributed by atoms with Crippen LogP contribution in [0.1, 0.15) is 17.2 Å². The number of ether oxygens (including phenoxy) is 2. The van der Waals surface area contributed by atoms with Crippen LogP contribution in [0.25, 0.3) is 0 Å². The Labute approximate surface area is 99.1 Å². The van der Waals surface area contributed by atoms with Crippen LogP contribution in [-0.2, 0) is 16.0 Å². The van der Waals surface area contributed by atoms with Crippen molar-refractivity contribution < 1.29 is 19.4 Å². The van der Waals surface area contributed by atoms with Crippen molar-refractivity contribution in [1.82, 2.24) is 0 Å². The molecule has 0 aromatic heterocycles. The number of methoxy groups -OCH3 is 1. The van der Waals surface area contributed by atoms with E-state index in [9.17, 15) is 4.79 Å². The molecule has 92 valence electrons. The number of carbonyl (C=O) groups is 1. The Morgan fingerprint density at radius 2 is 2.35 bits per heavy atom. The summed E-state index contributed by atoms with van der Waals surface area (Å²) in [4.78, 5) is 10.5. The van der Waals surface area contributed by atoms with Crippen molar-refractivity contribution in [3.8, 4) is 5.75 Å². The monoisotopic (exact) mass is 237 g/mol. The highest BCUT2D eigenvalue weighted by Crippen LogP contribution is 2.38. The topological polar surface area (TPSA) is 81.8 Å². The van der Waals surface area contributed by atoms with Crippen molar-refractivity contribution in [3.63, 3.8) is 0 Å². The van der Waals surface area contributed by atoms with Gasteiger partial charge in [0.2, 0.25) is 0 Å². The average molecular weight is 237 g/mol. The molecule has 17 heavy (non-hydrogen) atoms. The van der Waals surface area contributed by atoms with E-state index in [1.807, 2.05) is 18.2 Å². The van der Waals surface area contributed by atoms with E-state index in [4.69, 9.17) is 20.3 Å². The molecule has 0 saturated heterocycles. The lowest BCUT2D eigenvalue weighted by Crippen LogP contribution is -2.28. The van der Waals surface area contributed by atoms with Gasteiger partial charge in [-0.05, 0) is 18.1 Å². The summed E-state index contributed by atoms with van der Waals surface area (Å²) in [5.41, 5.74) is 7.91. The number of carboxylic acids is 1. The molecular formula is C12H15NO4. The molecule has 2 unspecified atom stereocenters. The number of hydrogen-bond donors (Lipinski definition) is 2. The summed E-state index contributed by atoms with van der Waals surface area (Å²) in [5, 5.41) is 8.62. The second-order valence-corrected chi connectivity index (χ2v) is 4.02. The van der Waals surface area contributed by atoms with Crippen LogP contribution < -0.4 is 10.5 Å². The highest BCUT2D eigenvalue weighted by molar-refractivity contribution is 5.68. The van der Waals surface area contributed by atoms with E-state index in [0.29, 0.717) is 6.42 Å². The Balaban J connectivity index is 2.24. The van der Waals surface area contributed by atoms with E-state index in [1.165, 1.54) is 0 Å². The summed E-state index contributed by atoms with van der Waals surface area (Å²) >= 11 is 0. The van der Waals surface area contributed by atoms with E-state index >= 15 is 0 Å². The van der Waals surface area contributed by atoms with Gasteiger partial charge in [0.15, 0.2) is 0 Å². The Kier molecular flexibility index (Phi) is 3.31. The number of aliphatic carboxylic acids is 1. The van der Waals surface area contributed by atoms with Gasteiger partial charge >= 0.3 is 5.97 Å². The van der Waals surface area contributed by atoms with E-state index in [0.717, 1.165) is 16.9 Å². The molecule has 1 aromatic rings. The molecule has 0 fully saturated rings. The number of benzene rings is 1. The molecule has 3 N–H and O–H groups in total. The van der Waals surface area contributed by atoms with Gasteiger partial charge in [0.1, 0.15) is 12.4 Å². The minimum absolute atomic E-state index is 0.222. The number of nitrogens with two attached hydrogens (primary N) is 1. The fraction of sp³-hybridized carbons (Fsp3) is 0.417. The zero-order valence-electron chi connectivity index (χ0n) is 9.55. The van der Waals surface area contributed by atoms with E-state index in [-0.39, 0.29) is 18.8 Å². The van der Waals surface area contributed by atoms with Gasteiger partial charge in [0, 0.05) is 11.6 Å². The van der Waals surface area contributed by atoms with Gasteiger partial charge in [-0.2, -0.15) is 0 Å².